The van der Waals surface area contributed by atoms with Gasteiger partial charge in [0, 0.05) is 0 Å². The second-order valence-corrected chi connectivity index (χ2v) is 10.7. The quantitative estimate of drug-likeness (QED) is 0.507. The summed E-state index contributed by atoms with van der Waals surface area (Å²) in [5.74, 6) is -0.192. The number of methoxy groups -OCH3 is 1. The molecule has 3 rings (SSSR count). The number of hydrogen-bond donors (Lipinski definition) is 0. The van der Waals surface area contributed by atoms with Gasteiger partial charge in [-0.15, -0.1) is 0 Å². The van der Waals surface area contributed by atoms with E-state index in [1.54, 1.807) is 0 Å². The summed E-state index contributed by atoms with van der Waals surface area (Å²) in [7, 11) is -0.831. The maximum Gasteiger partial charge on any atom is 0.350 e. The molecular weight excluding hydrogens is 339 g/mol. The minimum Gasteiger partial charge on any atom is -0.466 e. The Kier molecular flexibility index (Phi) is 5.25. The second kappa shape index (κ2) is 7.43. The molecule has 3 aromatic rings. The lowest BCUT2D eigenvalue weighted by molar-refractivity contribution is -0.142. The van der Waals surface area contributed by atoms with E-state index in [1.807, 2.05) is 68.4 Å². The van der Waals surface area contributed by atoms with E-state index in [4.69, 9.17) is 4.74 Å². The highest BCUT2D eigenvalue weighted by Gasteiger charge is 2.62. The van der Waals surface area contributed by atoms with Gasteiger partial charge < -0.3 is 4.74 Å². The molecule has 0 atom stereocenters. The third kappa shape index (κ3) is 2.85. The minimum atomic E-state index is -2.30. The Morgan fingerprint density at radius 2 is 1.00 bits per heavy atom. The Labute approximate surface area is 156 Å². The standard InChI is InChI=1S/C23H24O2P/c1-23(2,22(24)25-3)26(19-13-7-4-8-14-19,20-15-9-5-10-16-20)21-17-11-6-12-18-21/h4-18H,1-3H3/q+1. The molecule has 0 aromatic heterocycles. The van der Waals surface area contributed by atoms with E-state index < -0.39 is 12.4 Å². The van der Waals surface area contributed by atoms with Gasteiger partial charge in [-0.1, -0.05) is 54.6 Å². The molecule has 0 unspecified atom stereocenters. The Morgan fingerprint density at radius 1 is 0.692 bits per heavy atom. The lowest BCUT2D eigenvalue weighted by Gasteiger charge is -2.38. The van der Waals surface area contributed by atoms with Crippen LogP contribution in [0.15, 0.2) is 91.0 Å². The van der Waals surface area contributed by atoms with Crippen LogP contribution in [0.1, 0.15) is 13.8 Å². The highest BCUT2D eigenvalue weighted by molar-refractivity contribution is 7.97. The van der Waals surface area contributed by atoms with Crippen molar-refractivity contribution in [3.8, 4) is 0 Å². The number of rotatable bonds is 5. The topological polar surface area (TPSA) is 26.3 Å². The maximum atomic E-state index is 13.0. The van der Waals surface area contributed by atoms with Gasteiger partial charge in [0.2, 0.25) is 0 Å². The van der Waals surface area contributed by atoms with Crippen LogP contribution in [0.4, 0.5) is 0 Å². The van der Waals surface area contributed by atoms with E-state index in [0.29, 0.717) is 0 Å². The van der Waals surface area contributed by atoms with Crippen molar-refractivity contribution in [1.82, 2.24) is 0 Å². The predicted molar refractivity (Wildman–Crippen MR) is 111 cm³/mol. The molecule has 0 heterocycles. The van der Waals surface area contributed by atoms with Gasteiger partial charge in [0.05, 0.1) is 7.11 Å². The molecule has 0 saturated heterocycles. The van der Waals surface area contributed by atoms with E-state index >= 15 is 0 Å². The highest BCUT2D eigenvalue weighted by atomic mass is 31.2. The molecule has 26 heavy (non-hydrogen) atoms. The van der Waals surface area contributed by atoms with Crippen LogP contribution in [0.2, 0.25) is 0 Å². The van der Waals surface area contributed by atoms with E-state index in [2.05, 4.69) is 36.4 Å². The van der Waals surface area contributed by atoms with E-state index in [1.165, 1.54) is 23.0 Å². The van der Waals surface area contributed by atoms with Crippen molar-refractivity contribution in [2.75, 3.05) is 7.11 Å². The van der Waals surface area contributed by atoms with Crippen molar-refractivity contribution in [3.63, 3.8) is 0 Å². The van der Waals surface area contributed by atoms with Gasteiger partial charge in [0.1, 0.15) is 23.2 Å². The zero-order valence-corrected chi connectivity index (χ0v) is 16.3. The fourth-order valence-corrected chi connectivity index (χ4v) is 8.81. The van der Waals surface area contributed by atoms with Crippen LogP contribution < -0.4 is 15.9 Å². The summed E-state index contributed by atoms with van der Waals surface area (Å²) in [6, 6.07) is 31.1. The van der Waals surface area contributed by atoms with Crippen molar-refractivity contribution in [3.05, 3.63) is 91.0 Å². The van der Waals surface area contributed by atoms with Gasteiger partial charge in [0.15, 0.2) is 5.16 Å². The first-order valence-corrected chi connectivity index (χ1v) is 10.5. The summed E-state index contributed by atoms with van der Waals surface area (Å²) >= 11 is 0. The zero-order valence-electron chi connectivity index (χ0n) is 15.4. The summed E-state index contributed by atoms with van der Waals surface area (Å²) in [6.45, 7) is 4.03. The molecule has 0 bridgehead atoms. The van der Waals surface area contributed by atoms with E-state index in [0.717, 1.165) is 0 Å². The van der Waals surface area contributed by atoms with E-state index in [9.17, 15) is 4.79 Å². The van der Waals surface area contributed by atoms with Gasteiger partial charge in [0.25, 0.3) is 0 Å². The third-order valence-corrected chi connectivity index (χ3v) is 10.0. The number of benzene rings is 3. The van der Waals surface area contributed by atoms with Crippen molar-refractivity contribution >= 4 is 29.1 Å². The van der Waals surface area contributed by atoms with Gasteiger partial charge in [-0.05, 0) is 50.2 Å². The summed E-state index contributed by atoms with van der Waals surface area (Å²) in [4.78, 5) is 13.0. The average molecular weight is 363 g/mol. The van der Waals surface area contributed by atoms with Gasteiger partial charge in [-0.3, -0.25) is 0 Å². The minimum absolute atomic E-state index is 0.192. The van der Waals surface area contributed by atoms with Gasteiger partial charge in [-0.25, -0.2) is 4.79 Å². The molecule has 0 radical (unpaired) electrons. The Balaban J connectivity index is 2.46. The first kappa shape index (κ1) is 18.4. The van der Waals surface area contributed by atoms with E-state index in [-0.39, 0.29) is 5.97 Å². The van der Waals surface area contributed by atoms with Crippen molar-refractivity contribution in [2.45, 2.75) is 19.0 Å². The van der Waals surface area contributed by atoms with Crippen LogP contribution >= 0.6 is 7.26 Å². The van der Waals surface area contributed by atoms with Crippen LogP contribution in [0, 0.1) is 0 Å². The van der Waals surface area contributed by atoms with Crippen LogP contribution in [-0.4, -0.2) is 18.2 Å². The fourth-order valence-electron chi connectivity index (χ4n) is 3.76. The first-order chi connectivity index (χ1) is 12.5. The van der Waals surface area contributed by atoms with Gasteiger partial charge >= 0.3 is 5.97 Å². The molecule has 132 valence electrons. The number of carbonyl (C=O) groups is 1. The summed E-state index contributed by atoms with van der Waals surface area (Å²) in [5.41, 5.74) is 0. The second-order valence-electron chi connectivity index (χ2n) is 6.73. The molecule has 0 aliphatic heterocycles. The normalized spacial score (nSPS) is 11.8. The molecule has 0 aliphatic rings. The molecule has 0 N–H and O–H groups in total. The van der Waals surface area contributed by atoms with Crippen LogP contribution in [0.5, 0.6) is 0 Å². The number of hydrogen-bond acceptors (Lipinski definition) is 2. The van der Waals surface area contributed by atoms with Crippen molar-refractivity contribution in [2.24, 2.45) is 0 Å². The molecule has 2 nitrogen and oxygen atoms in total. The molecule has 0 saturated carbocycles. The summed E-state index contributed by atoms with van der Waals surface area (Å²) in [5, 5.41) is 2.81. The average Bonchev–Trinajstić information content (AvgIpc) is 2.70. The molecule has 0 amide bonds. The van der Waals surface area contributed by atoms with Crippen LogP contribution in [0.3, 0.4) is 0 Å². The predicted octanol–water partition coefficient (Wildman–Crippen LogP) is 3.93. The van der Waals surface area contributed by atoms with Crippen LogP contribution in [0.25, 0.3) is 0 Å². The largest absolute Gasteiger partial charge is 0.466 e. The van der Waals surface area contributed by atoms with Crippen LogP contribution in [-0.2, 0) is 9.53 Å². The molecule has 0 fully saturated rings. The smallest absolute Gasteiger partial charge is 0.350 e. The lowest BCUT2D eigenvalue weighted by atomic mass is 10.2. The third-order valence-electron chi connectivity index (χ3n) is 4.95. The Morgan fingerprint density at radius 3 is 1.27 bits per heavy atom. The maximum absolute atomic E-state index is 13.0. The monoisotopic (exact) mass is 363 g/mol. The highest BCUT2D eigenvalue weighted by Crippen LogP contribution is 2.65. The number of esters is 1. The molecule has 3 aromatic carbocycles. The first-order valence-electron chi connectivity index (χ1n) is 8.69. The van der Waals surface area contributed by atoms with Gasteiger partial charge in [-0.2, -0.15) is 0 Å². The molecule has 0 spiro atoms. The molecule has 0 aliphatic carbocycles. The molecule has 3 heteroatoms. The SMILES string of the molecule is COC(=O)C(C)(C)[P+](c1ccccc1)(c1ccccc1)c1ccccc1. The Hall–Kier alpha value is -2.44. The van der Waals surface area contributed by atoms with Crippen molar-refractivity contribution < 1.29 is 9.53 Å². The number of ether oxygens (including phenoxy) is 1. The molecular formula is C23H24O2P+. The summed E-state index contributed by atoms with van der Waals surface area (Å²) < 4.78 is 5.27. The number of carbonyl (C=O) groups excluding carboxylic acids is 1. The zero-order chi connectivity index (χ0) is 18.6. The Bertz CT molecular complexity index is 762. The van der Waals surface area contributed by atoms with Crippen molar-refractivity contribution in [1.29, 1.82) is 0 Å². The lowest BCUT2D eigenvalue weighted by Crippen LogP contribution is -2.49. The fraction of sp³-hybridized carbons (Fsp3) is 0.174. The summed E-state index contributed by atoms with van der Waals surface area (Å²) in [6.07, 6.45) is 0.